The van der Waals surface area contributed by atoms with E-state index in [0.29, 0.717) is 0 Å². The van der Waals surface area contributed by atoms with Crippen LogP contribution in [0.15, 0.2) is 24.3 Å². The van der Waals surface area contributed by atoms with E-state index in [1.165, 1.54) is 0 Å². The van der Waals surface area contributed by atoms with Crippen molar-refractivity contribution in [1.29, 1.82) is 0 Å². The average Bonchev–Trinajstić information content (AvgIpc) is 3.05. The lowest BCUT2D eigenvalue weighted by Gasteiger charge is -2.05. The molecule has 3 atom stereocenters. The monoisotopic (exact) mass is 750 g/mol. The molecular formula is C23H46N10O18. The van der Waals surface area contributed by atoms with Gasteiger partial charge in [0.25, 0.3) is 0 Å². The van der Waals surface area contributed by atoms with Gasteiger partial charge in [0, 0.05) is 24.3 Å². The third-order valence-electron chi connectivity index (χ3n) is 3.11. The molecule has 0 aromatic carbocycles. The minimum atomic E-state index is -1.21. The zero-order valence-corrected chi connectivity index (χ0v) is 26.7. The summed E-state index contributed by atoms with van der Waals surface area (Å²) in [6, 6.07) is -3.43. The number of carboxylic acids is 5. The molecule has 0 aromatic rings. The van der Waals surface area contributed by atoms with E-state index in [4.69, 9.17) is 58.7 Å². The SMILES string of the molecule is NC(=O)/C=C/C(N)=O.NC(=O)/C=C/C(N)=O.NCC(=O)O.NCC(=O)O.NCC(=O)OC[C@H](N)C(=O)O.N[C@@H](CO)C(=O)O.N[C@@H](CO)C(=O)O. The van der Waals surface area contributed by atoms with Crippen LogP contribution in [0.4, 0.5) is 0 Å². The van der Waals surface area contributed by atoms with E-state index in [1.54, 1.807) is 0 Å². The number of aliphatic hydroxyl groups is 2. The molecule has 0 fully saturated rings. The quantitative estimate of drug-likeness (QED) is 0.0578. The van der Waals surface area contributed by atoms with Gasteiger partial charge in [0.1, 0.15) is 24.7 Å². The number of carbonyl (C=O) groups excluding carboxylic acids is 5. The molecule has 0 saturated carbocycles. The van der Waals surface area contributed by atoms with Gasteiger partial charge in [-0.3, -0.25) is 47.9 Å². The van der Waals surface area contributed by atoms with Crippen LogP contribution in [0.2, 0.25) is 0 Å². The van der Waals surface area contributed by atoms with Crippen molar-refractivity contribution in [2.45, 2.75) is 18.1 Å². The van der Waals surface area contributed by atoms with Gasteiger partial charge in [0.05, 0.1) is 32.8 Å². The third kappa shape index (κ3) is 80.7. The van der Waals surface area contributed by atoms with Crippen LogP contribution in [-0.2, 0) is 52.7 Å². The molecule has 0 aromatic heterocycles. The number of amides is 4. The van der Waals surface area contributed by atoms with E-state index in [9.17, 15) is 47.9 Å². The Hall–Kier alpha value is -6.14. The van der Waals surface area contributed by atoms with Crippen molar-refractivity contribution < 1.29 is 88.4 Å². The van der Waals surface area contributed by atoms with Crippen molar-refractivity contribution in [3.8, 4) is 0 Å². The molecule has 0 aliphatic rings. The Morgan fingerprint density at radius 3 is 0.784 bits per heavy atom. The molecule has 0 unspecified atom stereocenters. The second-order valence-electron chi connectivity index (χ2n) is 7.56. The minimum absolute atomic E-state index is 0.271. The minimum Gasteiger partial charge on any atom is -0.480 e. The molecule has 0 rings (SSSR count). The van der Waals surface area contributed by atoms with Crippen molar-refractivity contribution in [2.75, 3.05) is 39.5 Å². The molecule has 0 bridgehead atoms. The van der Waals surface area contributed by atoms with Gasteiger partial charge >= 0.3 is 35.8 Å². The first-order valence-corrected chi connectivity index (χ1v) is 12.6. The molecule has 51 heavy (non-hydrogen) atoms. The lowest BCUT2D eigenvalue weighted by molar-refractivity contribution is -0.147. The first kappa shape index (κ1) is 60.2. The zero-order valence-electron chi connectivity index (χ0n) is 26.7. The summed E-state index contributed by atoms with van der Waals surface area (Å²) in [5, 5.41) is 55.2. The van der Waals surface area contributed by atoms with Crippen molar-refractivity contribution in [2.24, 2.45) is 57.3 Å². The number of rotatable bonds is 14. The largest absolute Gasteiger partial charge is 0.480 e. The number of carboxylic acid groups (broad SMARTS) is 5. The highest BCUT2D eigenvalue weighted by molar-refractivity contribution is 5.95. The van der Waals surface area contributed by atoms with Gasteiger partial charge in [-0.05, 0) is 0 Å². The van der Waals surface area contributed by atoms with E-state index in [2.05, 4.69) is 39.1 Å². The van der Waals surface area contributed by atoms with Crippen molar-refractivity contribution in [3.63, 3.8) is 0 Å². The van der Waals surface area contributed by atoms with Crippen LogP contribution in [-0.4, -0.2) is 153 Å². The Labute approximate surface area is 287 Å². The van der Waals surface area contributed by atoms with Gasteiger partial charge in [-0.2, -0.15) is 0 Å². The molecule has 0 heterocycles. The number of primary amides is 4. The highest BCUT2D eigenvalue weighted by Crippen LogP contribution is 1.82. The van der Waals surface area contributed by atoms with Crippen LogP contribution in [0, 0.1) is 0 Å². The molecule has 0 spiro atoms. The van der Waals surface area contributed by atoms with Gasteiger partial charge < -0.3 is 97.8 Å². The maximum Gasteiger partial charge on any atom is 0.324 e. The van der Waals surface area contributed by atoms with E-state index in [0.717, 1.165) is 24.3 Å². The molecule has 4 amide bonds. The van der Waals surface area contributed by atoms with Gasteiger partial charge in [0.15, 0.2) is 0 Å². The fourth-order valence-electron chi connectivity index (χ4n) is 0.798. The summed E-state index contributed by atoms with van der Waals surface area (Å²) < 4.78 is 4.34. The van der Waals surface area contributed by atoms with Crippen LogP contribution in [0.3, 0.4) is 0 Å². The first-order valence-electron chi connectivity index (χ1n) is 12.6. The Bertz CT molecular complexity index is 1030. The molecular weight excluding hydrogens is 704 g/mol. The Morgan fingerprint density at radius 2 is 0.686 bits per heavy atom. The highest BCUT2D eigenvalue weighted by atomic mass is 16.5. The third-order valence-corrected chi connectivity index (χ3v) is 3.11. The summed E-state index contributed by atoms with van der Waals surface area (Å²) in [5.74, 6) is -8.88. The molecule has 0 radical (unpaired) electrons. The van der Waals surface area contributed by atoms with Crippen molar-refractivity contribution >= 4 is 59.4 Å². The normalized spacial score (nSPS) is 10.7. The van der Waals surface area contributed by atoms with Crippen molar-refractivity contribution in [3.05, 3.63) is 24.3 Å². The number of aliphatic hydroxyl groups excluding tert-OH is 2. The fourth-order valence-corrected chi connectivity index (χ4v) is 0.798. The summed E-state index contributed by atoms with van der Waals surface area (Å²) in [7, 11) is 0. The van der Waals surface area contributed by atoms with Crippen LogP contribution in [0.1, 0.15) is 0 Å². The first-order chi connectivity index (χ1) is 23.2. The van der Waals surface area contributed by atoms with E-state index in [-0.39, 0.29) is 26.2 Å². The number of hydrogen-bond acceptors (Lipinski definition) is 19. The smallest absolute Gasteiger partial charge is 0.324 e. The molecule has 28 heteroatoms. The predicted octanol–water partition coefficient (Wildman–Crippen LogP) is -10.2. The maximum absolute atomic E-state index is 10.3. The van der Waals surface area contributed by atoms with Crippen molar-refractivity contribution in [1.82, 2.24) is 0 Å². The van der Waals surface area contributed by atoms with Gasteiger partial charge in [0.2, 0.25) is 23.6 Å². The fraction of sp³-hybridized carbons (Fsp3) is 0.391. The summed E-state index contributed by atoms with van der Waals surface area (Å²) in [6.07, 6.45) is 3.62. The summed E-state index contributed by atoms with van der Waals surface area (Å²) >= 11 is 0. The second kappa shape index (κ2) is 41.9. The lowest BCUT2D eigenvalue weighted by Crippen LogP contribution is -2.36. The van der Waals surface area contributed by atoms with Crippen LogP contribution < -0.4 is 57.3 Å². The number of aliphatic carboxylic acids is 5. The lowest BCUT2D eigenvalue weighted by atomic mass is 10.3. The zero-order chi connectivity index (χ0) is 42.3. The number of ether oxygens (including phenoxy) is 1. The Morgan fingerprint density at radius 1 is 0.471 bits per heavy atom. The van der Waals surface area contributed by atoms with E-state index >= 15 is 0 Å². The molecule has 0 saturated heterocycles. The van der Waals surface area contributed by atoms with Crippen LogP contribution in [0.5, 0.6) is 0 Å². The molecule has 0 aliphatic carbocycles. The number of esters is 1. The van der Waals surface area contributed by atoms with E-state index < -0.39 is 90.8 Å². The van der Waals surface area contributed by atoms with Crippen LogP contribution >= 0.6 is 0 Å². The average molecular weight is 751 g/mol. The predicted molar refractivity (Wildman–Crippen MR) is 169 cm³/mol. The summed E-state index contributed by atoms with van der Waals surface area (Å²) in [4.78, 5) is 97.5. The molecule has 28 nitrogen and oxygen atoms in total. The number of hydrogen-bond donors (Lipinski definition) is 17. The standard InChI is InChI=1S/C5H10N2O4.2C4H6N2O2.2C3H7NO3.2C2H5NO2/c6-1-4(8)11-2-3(7)5(9)10;2*5-3(7)1-2-4(6)8;2*4-2(1-5)3(6)7;2*3-1-2(4)5/h3H,1-2,6-7H2,(H,9,10);2*1-2H,(H2,5,7)(H2,6,8);2*2,5H,1,4H2,(H,6,7);2*1,3H2,(H,4,5)/b;2*2-1+;;;;/t3-;;;2*2-;;/m0..00../s1. The Kier molecular flexibility index (Phi) is 49.4. The van der Waals surface area contributed by atoms with Gasteiger partial charge in [-0.1, -0.05) is 0 Å². The van der Waals surface area contributed by atoms with Gasteiger partial charge in [-0.25, -0.2) is 0 Å². The molecule has 27 N–H and O–H groups in total. The number of carbonyl (C=O) groups is 10. The Balaban J connectivity index is -0.0000000900. The van der Waals surface area contributed by atoms with E-state index in [1.807, 2.05) is 0 Å². The topological polar surface area (TPSA) is 582 Å². The molecule has 296 valence electrons. The van der Waals surface area contributed by atoms with Gasteiger partial charge in [-0.15, -0.1) is 0 Å². The molecule has 0 aliphatic heterocycles. The summed E-state index contributed by atoms with van der Waals surface area (Å²) in [5.41, 5.74) is 47.0. The highest BCUT2D eigenvalue weighted by Gasteiger charge is 2.13. The maximum atomic E-state index is 10.3. The number of nitrogens with two attached hydrogens (primary N) is 10. The van der Waals surface area contributed by atoms with Crippen LogP contribution in [0.25, 0.3) is 0 Å². The second-order valence-corrected chi connectivity index (χ2v) is 7.56. The summed E-state index contributed by atoms with van der Waals surface area (Å²) in [6.45, 7) is -2.18.